The molecule has 122 valence electrons. The quantitative estimate of drug-likeness (QED) is 0.619. The second-order valence-corrected chi connectivity index (χ2v) is 7.28. The van der Waals surface area contributed by atoms with Crippen molar-refractivity contribution in [3.8, 4) is 0 Å². The third kappa shape index (κ3) is 2.84. The zero-order valence-corrected chi connectivity index (χ0v) is 14.1. The summed E-state index contributed by atoms with van der Waals surface area (Å²) in [6.07, 6.45) is -0.285. The van der Waals surface area contributed by atoms with Crippen molar-refractivity contribution in [2.45, 2.75) is 51.5 Å². The van der Waals surface area contributed by atoms with E-state index in [1.165, 1.54) is 0 Å². The van der Waals surface area contributed by atoms with Gasteiger partial charge in [0.25, 0.3) is 0 Å². The number of alkyl halides is 1. The number of nitrogens with zero attached hydrogens (tertiary/aromatic N) is 2. The van der Waals surface area contributed by atoms with Crippen LogP contribution in [-0.2, 0) is 9.31 Å². The lowest BCUT2D eigenvalue weighted by Gasteiger charge is -2.32. The molecule has 0 saturated carbocycles. The fraction of sp³-hybridized carbons (Fsp3) is 0.588. The fourth-order valence-electron chi connectivity index (χ4n) is 2.96. The van der Waals surface area contributed by atoms with E-state index in [1.54, 1.807) is 6.07 Å². The molecule has 2 fully saturated rings. The van der Waals surface area contributed by atoms with Gasteiger partial charge in [0.1, 0.15) is 6.17 Å². The number of hydrogen-bond acceptors (Lipinski definition) is 3. The second kappa shape index (κ2) is 5.50. The highest BCUT2D eigenvalue weighted by Gasteiger charge is 2.51. The molecule has 1 atom stereocenters. The van der Waals surface area contributed by atoms with Crippen molar-refractivity contribution in [1.29, 1.82) is 0 Å². The molecule has 0 N–H and O–H groups in total. The molecule has 2 aliphatic rings. The van der Waals surface area contributed by atoms with Crippen LogP contribution in [0.15, 0.2) is 18.2 Å². The normalized spacial score (nSPS) is 25.7. The summed E-state index contributed by atoms with van der Waals surface area (Å²) < 4.78 is 25.5. The van der Waals surface area contributed by atoms with Crippen molar-refractivity contribution in [3.63, 3.8) is 0 Å². The lowest BCUT2D eigenvalue weighted by atomic mass is 9.78. The molecular weight excluding hydrogens is 294 g/mol. The Hall–Kier alpha value is -1.58. The largest absolute Gasteiger partial charge is 0.493 e. The maximum absolute atomic E-state index is 13.4. The number of benzene rings is 1. The zero-order valence-electron chi connectivity index (χ0n) is 14.1. The van der Waals surface area contributed by atoms with Crippen LogP contribution in [0, 0.1) is 6.57 Å². The van der Waals surface area contributed by atoms with Gasteiger partial charge in [-0.3, -0.25) is 0 Å². The first kappa shape index (κ1) is 16.3. The number of halogens is 1. The van der Waals surface area contributed by atoms with E-state index >= 15 is 0 Å². The summed E-state index contributed by atoms with van der Waals surface area (Å²) in [6, 6.07) is 5.60. The molecule has 3 rings (SSSR count). The number of rotatable bonds is 2. The van der Waals surface area contributed by atoms with Gasteiger partial charge in [-0.1, -0.05) is 18.2 Å². The van der Waals surface area contributed by atoms with Crippen LogP contribution in [0.25, 0.3) is 4.85 Å². The third-order valence-electron chi connectivity index (χ3n) is 5.12. The van der Waals surface area contributed by atoms with E-state index in [9.17, 15) is 4.39 Å². The minimum absolute atomic E-state index is 0.359. The molecule has 4 nitrogen and oxygen atoms in total. The van der Waals surface area contributed by atoms with E-state index in [-0.39, 0.29) is 0 Å². The molecule has 0 aromatic heterocycles. The Kier molecular flexibility index (Phi) is 3.90. The highest BCUT2D eigenvalue weighted by Crippen LogP contribution is 2.37. The van der Waals surface area contributed by atoms with Gasteiger partial charge in [0.05, 0.1) is 17.8 Å². The SMILES string of the molecule is [C-]#[N+]c1cc(B2OC(C)(C)C(C)(C)O2)ccc1N1CCC(F)C1. The average molecular weight is 316 g/mol. The van der Waals surface area contributed by atoms with Crippen molar-refractivity contribution < 1.29 is 13.7 Å². The maximum Gasteiger partial charge on any atom is 0.493 e. The number of anilines is 1. The third-order valence-corrected chi connectivity index (χ3v) is 5.12. The van der Waals surface area contributed by atoms with Gasteiger partial charge in [0, 0.05) is 18.8 Å². The summed E-state index contributed by atoms with van der Waals surface area (Å²) in [4.78, 5) is 5.56. The van der Waals surface area contributed by atoms with E-state index < -0.39 is 24.5 Å². The topological polar surface area (TPSA) is 26.1 Å². The summed E-state index contributed by atoms with van der Waals surface area (Å²) >= 11 is 0. The summed E-state index contributed by atoms with van der Waals surface area (Å²) in [5.41, 5.74) is 1.32. The van der Waals surface area contributed by atoms with Crippen LogP contribution in [-0.4, -0.2) is 37.6 Å². The molecule has 0 spiro atoms. The molecule has 1 unspecified atom stereocenters. The van der Waals surface area contributed by atoms with Crippen LogP contribution in [0.3, 0.4) is 0 Å². The second-order valence-electron chi connectivity index (χ2n) is 7.28. The molecule has 6 heteroatoms. The zero-order chi connectivity index (χ0) is 16.8. The molecule has 2 aliphatic heterocycles. The highest BCUT2D eigenvalue weighted by atomic mass is 19.1. The molecule has 0 radical (unpaired) electrons. The van der Waals surface area contributed by atoms with Crippen LogP contribution >= 0.6 is 0 Å². The van der Waals surface area contributed by atoms with Gasteiger partial charge in [0.15, 0.2) is 0 Å². The van der Waals surface area contributed by atoms with Crippen LogP contribution in [0.5, 0.6) is 0 Å². The molecule has 23 heavy (non-hydrogen) atoms. The van der Waals surface area contributed by atoms with Crippen molar-refractivity contribution in [2.24, 2.45) is 0 Å². The van der Waals surface area contributed by atoms with Crippen molar-refractivity contribution in [3.05, 3.63) is 29.6 Å². The summed E-state index contributed by atoms with van der Waals surface area (Å²) in [7, 11) is -0.484. The van der Waals surface area contributed by atoms with Gasteiger partial charge in [0.2, 0.25) is 5.69 Å². The Balaban J connectivity index is 1.88. The predicted molar refractivity (Wildman–Crippen MR) is 90.1 cm³/mol. The fourth-order valence-corrected chi connectivity index (χ4v) is 2.96. The highest BCUT2D eigenvalue weighted by molar-refractivity contribution is 6.62. The predicted octanol–water partition coefficient (Wildman–Crippen LogP) is 3.08. The minimum Gasteiger partial charge on any atom is -0.399 e. The van der Waals surface area contributed by atoms with Gasteiger partial charge in [-0.25, -0.2) is 9.24 Å². The number of hydrogen-bond donors (Lipinski definition) is 0. The van der Waals surface area contributed by atoms with E-state index in [0.29, 0.717) is 25.2 Å². The molecule has 1 aromatic carbocycles. The molecule has 1 aromatic rings. The van der Waals surface area contributed by atoms with Crippen LogP contribution in [0.4, 0.5) is 15.8 Å². The first-order chi connectivity index (χ1) is 10.7. The van der Waals surface area contributed by atoms with Crippen molar-refractivity contribution in [1.82, 2.24) is 0 Å². The Morgan fingerprint density at radius 1 is 1.26 bits per heavy atom. The first-order valence-electron chi connectivity index (χ1n) is 7.99. The van der Waals surface area contributed by atoms with Gasteiger partial charge >= 0.3 is 7.12 Å². The Bertz CT molecular complexity index is 640. The van der Waals surface area contributed by atoms with Crippen molar-refractivity contribution >= 4 is 24.0 Å². The maximum atomic E-state index is 13.4. The average Bonchev–Trinajstić information content (AvgIpc) is 2.99. The van der Waals surface area contributed by atoms with Gasteiger partial charge < -0.3 is 14.2 Å². The van der Waals surface area contributed by atoms with E-state index in [0.717, 1.165) is 11.2 Å². The Labute approximate surface area is 137 Å². The minimum atomic E-state index is -0.809. The van der Waals surface area contributed by atoms with Gasteiger partial charge in [-0.05, 0) is 39.6 Å². The Morgan fingerprint density at radius 2 is 1.91 bits per heavy atom. The monoisotopic (exact) mass is 316 g/mol. The lowest BCUT2D eigenvalue weighted by Crippen LogP contribution is -2.41. The molecule has 0 amide bonds. The van der Waals surface area contributed by atoms with Crippen molar-refractivity contribution in [2.75, 3.05) is 18.0 Å². The van der Waals surface area contributed by atoms with E-state index in [4.69, 9.17) is 15.9 Å². The Morgan fingerprint density at radius 3 is 2.43 bits per heavy atom. The summed E-state index contributed by atoms with van der Waals surface area (Å²) in [6.45, 7) is 16.5. The van der Waals surface area contributed by atoms with Crippen LogP contribution < -0.4 is 10.4 Å². The molecule has 2 heterocycles. The first-order valence-corrected chi connectivity index (χ1v) is 7.99. The molecule has 2 saturated heterocycles. The van der Waals surface area contributed by atoms with Crippen LogP contribution in [0.1, 0.15) is 34.1 Å². The van der Waals surface area contributed by atoms with E-state index in [2.05, 4.69) is 4.85 Å². The summed E-state index contributed by atoms with van der Waals surface area (Å²) in [5, 5.41) is 0. The standard InChI is InChI=1S/C17H22BFN2O2/c1-16(2)17(3,4)23-18(22-16)12-6-7-15(14(10-12)20-5)21-9-8-13(19)11-21/h6-7,10,13H,8-9,11H2,1-4H3. The lowest BCUT2D eigenvalue weighted by molar-refractivity contribution is 0.00578. The van der Waals surface area contributed by atoms with Crippen LogP contribution in [0.2, 0.25) is 0 Å². The van der Waals surface area contributed by atoms with Gasteiger partial charge in [-0.15, -0.1) is 0 Å². The van der Waals surface area contributed by atoms with Gasteiger partial charge in [-0.2, -0.15) is 0 Å². The molecular formula is C17H22BFN2O2. The summed E-state index contributed by atoms with van der Waals surface area (Å²) in [5.74, 6) is 0. The molecule has 0 aliphatic carbocycles. The van der Waals surface area contributed by atoms with E-state index in [1.807, 2.05) is 44.7 Å². The smallest absolute Gasteiger partial charge is 0.399 e. The molecule has 0 bridgehead atoms.